The van der Waals surface area contributed by atoms with Crippen molar-refractivity contribution in [3.63, 3.8) is 0 Å². The van der Waals surface area contributed by atoms with Gasteiger partial charge >= 0.3 is 0 Å². The fourth-order valence-electron chi connectivity index (χ4n) is 1.08. The summed E-state index contributed by atoms with van der Waals surface area (Å²) in [7, 11) is 0. The number of anilines is 1. The van der Waals surface area contributed by atoms with Crippen LogP contribution in [0.3, 0.4) is 0 Å². The van der Waals surface area contributed by atoms with E-state index < -0.39 is 0 Å². The van der Waals surface area contributed by atoms with Crippen molar-refractivity contribution in [1.82, 2.24) is 0 Å². The van der Waals surface area contributed by atoms with Gasteiger partial charge in [-0.25, -0.2) is 0 Å². The second-order valence-electron chi connectivity index (χ2n) is 2.57. The number of hydrogen-bond donors (Lipinski definition) is 2. The van der Waals surface area contributed by atoms with Crippen LogP contribution in [0.2, 0.25) is 0 Å². The second-order valence-corrected chi connectivity index (χ2v) is 2.57. The summed E-state index contributed by atoms with van der Waals surface area (Å²) < 4.78 is 0. The van der Waals surface area contributed by atoms with E-state index in [0.29, 0.717) is 5.84 Å². The van der Waals surface area contributed by atoms with Crippen molar-refractivity contribution < 1.29 is 0 Å². The highest BCUT2D eigenvalue weighted by molar-refractivity contribution is 8.93. The molecule has 1 aromatic rings. The van der Waals surface area contributed by atoms with Crippen LogP contribution in [-0.2, 0) is 0 Å². The lowest BCUT2D eigenvalue weighted by Crippen LogP contribution is -2.08. The minimum Gasteiger partial charge on any atom is -0.382 e. The van der Waals surface area contributed by atoms with Crippen molar-refractivity contribution in [3.05, 3.63) is 35.9 Å². The molecule has 2 rings (SSSR count). The molecule has 1 heterocycles. The van der Waals surface area contributed by atoms with Crippen LogP contribution in [-0.4, -0.2) is 5.84 Å². The third-order valence-electron chi connectivity index (χ3n) is 1.70. The molecule has 68 valence electrons. The van der Waals surface area contributed by atoms with E-state index in [9.17, 15) is 0 Å². The van der Waals surface area contributed by atoms with E-state index >= 15 is 0 Å². The van der Waals surface area contributed by atoms with Crippen molar-refractivity contribution in [2.24, 2.45) is 10.8 Å². The Labute approximate surface area is 87.1 Å². The Kier molecular flexibility index (Phi) is 3.08. The fourth-order valence-corrected chi connectivity index (χ4v) is 1.08. The maximum absolute atomic E-state index is 5.51. The van der Waals surface area contributed by atoms with Gasteiger partial charge in [0.25, 0.3) is 0 Å². The van der Waals surface area contributed by atoms with Gasteiger partial charge in [0.15, 0.2) is 0 Å². The maximum Gasteiger partial charge on any atom is 0.143 e. The molecule has 4 heteroatoms. The number of amidine groups is 1. The first-order chi connectivity index (χ1) is 5.86. The summed E-state index contributed by atoms with van der Waals surface area (Å²) in [5, 5.41) is 3.92. The highest BCUT2D eigenvalue weighted by atomic mass is 79.9. The quantitative estimate of drug-likeness (QED) is 0.728. The van der Waals surface area contributed by atoms with E-state index in [0.717, 1.165) is 11.3 Å². The molecular weight excluding hydrogens is 230 g/mol. The Morgan fingerprint density at radius 3 is 2.77 bits per heavy atom. The number of nitrogens with two attached hydrogens (primary N) is 1. The van der Waals surface area contributed by atoms with E-state index in [-0.39, 0.29) is 17.0 Å². The molecule has 0 saturated heterocycles. The molecule has 0 spiro atoms. The molecule has 0 amide bonds. The number of hydrogen-bond acceptors (Lipinski definition) is 3. The minimum atomic E-state index is 0. The fraction of sp³-hybridized carbons (Fsp3) is 0. The molecule has 0 saturated carbocycles. The number of nitrogens with zero attached hydrogens (tertiary/aromatic N) is 1. The van der Waals surface area contributed by atoms with Gasteiger partial charge in [-0.05, 0) is 23.8 Å². The van der Waals surface area contributed by atoms with Gasteiger partial charge in [-0.3, -0.25) is 5.43 Å². The van der Waals surface area contributed by atoms with E-state index in [2.05, 4.69) is 10.5 Å². The Balaban J connectivity index is 0.000000845. The van der Waals surface area contributed by atoms with Gasteiger partial charge in [-0.1, -0.05) is 18.2 Å². The third kappa shape index (κ3) is 2.09. The largest absolute Gasteiger partial charge is 0.382 e. The minimum absolute atomic E-state index is 0. The molecule has 3 N–H and O–H groups in total. The molecule has 1 aliphatic rings. The maximum atomic E-state index is 5.51. The summed E-state index contributed by atoms with van der Waals surface area (Å²) >= 11 is 0. The molecule has 0 atom stereocenters. The lowest BCUT2D eigenvalue weighted by Gasteiger charge is -2.01. The Morgan fingerprint density at radius 2 is 1.92 bits per heavy atom. The monoisotopic (exact) mass is 239 g/mol. The predicted molar refractivity (Wildman–Crippen MR) is 61.0 cm³/mol. The van der Waals surface area contributed by atoms with Crippen LogP contribution in [0.5, 0.6) is 0 Å². The summed E-state index contributed by atoms with van der Waals surface area (Å²) in [5.74, 6) is 0.492. The first-order valence-corrected chi connectivity index (χ1v) is 3.72. The normalized spacial score (nSPS) is 13.1. The Hall–Kier alpha value is -1.29. The van der Waals surface area contributed by atoms with Crippen LogP contribution in [0.4, 0.5) is 5.69 Å². The van der Waals surface area contributed by atoms with Gasteiger partial charge in [0.05, 0.1) is 5.69 Å². The lowest BCUT2D eigenvalue weighted by atomic mass is 10.2. The summed E-state index contributed by atoms with van der Waals surface area (Å²) in [6.45, 7) is 0. The van der Waals surface area contributed by atoms with Gasteiger partial charge in [0.2, 0.25) is 0 Å². The van der Waals surface area contributed by atoms with Crippen molar-refractivity contribution in [2.75, 3.05) is 5.43 Å². The lowest BCUT2D eigenvalue weighted by molar-refractivity contribution is 1.32. The van der Waals surface area contributed by atoms with Crippen molar-refractivity contribution in [3.8, 4) is 0 Å². The van der Waals surface area contributed by atoms with E-state index in [1.54, 1.807) is 6.08 Å². The Morgan fingerprint density at radius 1 is 1.15 bits per heavy atom. The van der Waals surface area contributed by atoms with Gasteiger partial charge in [0.1, 0.15) is 5.84 Å². The van der Waals surface area contributed by atoms with Crippen LogP contribution in [0.25, 0.3) is 6.08 Å². The molecule has 1 aromatic carbocycles. The van der Waals surface area contributed by atoms with Gasteiger partial charge in [-0.15, -0.1) is 17.0 Å². The first kappa shape index (κ1) is 9.80. The summed E-state index contributed by atoms with van der Waals surface area (Å²) in [4.78, 5) is 0. The highest BCUT2D eigenvalue weighted by Crippen LogP contribution is 2.17. The number of hydrazone groups is 1. The molecule has 1 aliphatic heterocycles. The summed E-state index contributed by atoms with van der Waals surface area (Å²) in [5.41, 5.74) is 10.5. The van der Waals surface area contributed by atoms with Crippen molar-refractivity contribution in [1.29, 1.82) is 0 Å². The highest BCUT2D eigenvalue weighted by Gasteiger charge is 1.99. The van der Waals surface area contributed by atoms with E-state index in [1.807, 2.05) is 30.3 Å². The van der Waals surface area contributed by atoms with Crippen LogP contribution in [0, 0.1) is 0 Å². The SMILES string of the molecule is Br.NC1=NNc2ccccc2C=C1. The number of rotatable bonds is 0. The molecule has 0 unspecified atom stereocenters. The van der Waals surface area contributed by atoms with Gasteiger partial charge in [-0.2, -0.15) is 5.10 Å². The average Bonchev–Trinajstić information content (AvgIpc) is 2.29. The van der Waals surface area contributed by atoms with Gasteiger partial charge in [0, 0.05) is 0 Å². The average molecular weight is 240 g/mol. The smallest absolute Gasteiger partial charge is 0.143 e. The standard InChI is InChI=1S/C9H9N3.BrH/c10-9-6-5-7-3-1-2-4-8(7)11-12-9;/h1-6,11H,(H2,10,12);1H. The number of halogens is 1. The van der Waals surface area contributed by atoms with Crippen LogP contribution >= 0.6 is 17.0 Å². The number of nitrogens with one attached hydrogen (secondary N) is 1. The second kappa shape index (κ2) is 4.09. The van der Waals surface area contributed by atoms with Gasteiger partial charge < -0.3 is 5.73 Å². The van der Waals surface area contributed by atoms with E-state index in [4.69, 9.17) is 5.73 Å². The Bertz CT molecular complexity index is 358. The third-order valence-corrected chi connectivity index (χ3v) is 1.70. The zero-order valence-electron chi connectivity index (χ0n) is 6.90. The molecule has 0 radical (unpaired) electrons. The first-order valence-electron chi connectivity index (χ1n) is 3.72. The molecular formula is C9H10BrN3. The molecule has 0 aromatic heterocycles. The molecule has 13 heavy (non-hydrogen) atoms. The zero-order chi connectivity index (χ0) is 8.39. The van der Waals surface area contributed by atoms with Crippen molar-refractivity contribution >= 4 is 34.6 Å². The molecule has 0 aliphatic carbocycles. The zero-order valence-corrected chi connectivity index (χ0v) is 8.61. The topological polar surface area (TPSA) is 50.4 Å². The van der Waals surface area contributed by atoms with E-state index in [1.165, 1.54) is 0 Å². The summed E-state index contributed by atoms with van der Waals surface area (Å²) in [6.07, 6.45) is 3.72. The van der Waals surface area contributed by atoms with Crippen LogP contribution in [0.15, 0.2) is 35.4 Å². The number of para-hydroxylation sites is 1. The van der Waals surface area contributed by atoms with Crippen molar-refractivity contribution in [2.45, 2.75) is 0 Å². The summed E-state index contributed by atoms with van der Waals surface area (Å²) in [6, 6.07) is 7.90. The number of benzene rings is 1. The predicted octanol–water partition coefficient (Wildman–Crippen LogP) is 1.98. The molecule has 3 nitrogen and oxygen atoms in total. The molecule has 0 bridgehead atoms. The number of fused-ring (bicyclic) bond motifs is 1. The van der Waals surface area contributed by atoms with Crippen LogP contribution in [0.1, 0.15) is 5.56 Å². The van der Waals surface area contributed by atoms with Crippen LogP contribution < -0.4 is 11.2 Å². The molecule has 0 fully saturated rings.